The number of rotatable bonds is 1. The summed E-state index contributed by atoms with van der Waals surface area (Å²) < 4.78 is 1.63. The number of pyridine rings is 1. The molecule has 1 N–H and O–H groups in total. The summed E-state index contributed by atoms with van der Waals surface area (Å²) in [7, 11) is 1.90. The van der Waals surface area contributed by atoms with Crippen molar-refractivity contribution in [1.29, 1.82) is 0 Å². The van der Waals surface area contributed by atoms with Gasteiger partial charge in [-0.25, -0.2) is 9.52 Å². The van der Waals surface area contributed by atoms with Crippen LogP contribution in [-0.2, 0) is 6.42 Å². The van der Waals surface area contributed by atoms with Crippen molar-refractivity contribution in [3.63, 3.8) is 0 Å². The normalized spacial score (nSPS) is 14.4. The molecule has 7 heteroatoms. The number of aromatic nitrogens is 3. The zero-order chi connectivity index (χ0) is 16.1. The molecule has 0 unspecified atom stereocenters. The molecule has 4 heterocycles. The second kappa shape index (κ2) is 5.03. The number of aryl methyl sites for hydroxylation is 1. The number of aromatic amines is 1. The molecule has 0 aliphatic carbocycles. The third-order valence-electron chi connectivity index (χ3n) is 4.17. The first-order chi connectivity index (χ1) is 11.0. The first-order valence-corrected chi connectivity index (χ1v) is 7.79. The second-order valence-electron chi connectivity index (χ2n) is 5.76. The minimum atomic E-state index is -0.114. The molecule has 0 atom stereocenters. The molecule has 1 amide bonds. The van der Waals surface area contributed by atoms with Crippen LogP contribution in [0.15, 0.2) is 30.5 Å². The second-order valence-corrected chi connectivity index (χ2v) is 6.20. The van der Waals surface area contributed by atoms with Gasteiger partial charge in [0.05, 0.1) is 16.2 Å². The van der Waals surface area contributed by atoms with Crippen LogP contribution in [0.3, 0.4) is 0 Å². The van der Waals surface area contributed by atoms with E-state index in [2.05, 4.69) is 16.1 Å². The third-order valence-corrected chi connectivity index (χ3v) is 4.40. The monoisotopic (exact) mass is 329 g/mol. The molecule has 1 aliphatic heterocycles. The number of H-pyrrole nitrogens is 1. The lowest BCUT2D eigenvalue weighted by Gasteiger charge is -2.36. The Balaban J connectivity index is 1.68. The van der Waals surface area contributed by atoms with Gasteiger partial charge in [0.2, 0.25) is 0 Å². The summed E-state index contributed by atoms with van der Waals surface area (Å²) in [6, 6.07) is 7.47. The molecule has 23 heavy (non-hydrogen) atoms. The maximum absolute atomic E-state index is 12.8. The lowest BCUT2D eigenvalue weighted by molar-refractivity contribution is 0.0732. The molecular formula is C16H16ClN5O. The minimum Gasteiger partial charge on any atom is -0.361 e. The van der Waals surface area contributed by atoms with Crippen molar-refractivity contribution in [2.24, 2.45) is 0 Å². The quantitative estimate of drug-likeness (QED) is 0.746. The summed E-state index contributed by atoms with van der Waals surface area (Å²) in [5, 5.41) is 8.55. The number of carbonyl (C=O) groups is 1. The van der Waals surface area contributed by atoms with Gasteiger partial charge in [0, 0.05) is 37.6 Å². The van der Waals surface area contributed by atoms with Crippen molar-refractivity contribution < 1.29 is 4.79 Å². The van der Waals surface area contributed by atoms with Gasteiger partial charge in [-0.2, -0.15) is 5.10 Å². The first-order valence-electron chi connectivity index (χ1n) is 7.42. The van der Waals surface area contributed by atoms with E-state index in [1.54, 1.807) is 27.9 Å². The fourth-order valence-electron chi connectivity index (χ4n) is 3.04. The SMILES string of the molecule is Cc1cc2c([nH]1)CCN(C(=O)c1cc3ccc(Cl)cn3n1)N2C. The van der Waals surface area contributed by atoms with Gasteiger partial charge in [-0.1, -0.05) is 11.6 Å². The van der Waals surface area contributed by atoms with E-state index in [4.69, 9.17) is 11.6 Å². The van der Waals surface area contributed by atoms with Crippen LogP contribution in [0.4, 0.5) is 5.69 Å². The molecule has 0 aromatic carbocycles. The number of anilines is 1. The molecule has 0 bridgehead atoms. The first kappa shape index (κ1) is 14.1. The van der Waals surface area contributed by atoms with E-state index >= 15 is 0 Å². The van der Waals surface area contributed by atoms with Gasteiger partial charge >= 0.3 is 0 Å². The summed E-state index contributed by atoms with van der Waals surface area (Å²) in [6.07, 6.45) is 2.50. The number of fused-ring (bicyclic) bond motifs is 2. The van der Waals surface area contributed by atoms with Crippen LogP contribution in [0.1, 0.15) is 21.9 Å². The van der Waals surface area contributed by atoms with Crippen molar-refractivity contribution in [2.45, 2.75) is 13.3 Å². The average molecular weight is 330 g/mol. The highest BCUT2D eigenvalue weighted by Gasteiger charge is 2.29. The van der Waals surface area contributed by atoms with Gasteiger partial charge in [-0.05, 0) is 31.2 Å². The number of amides is 1. The fraction of sp³-hybridized carbons (Fsp3) is 0.250. The zero-order valence-electron chi connectivity index (χ0n) is 12.9. The number of nitrogens with zero attached hydrogens (tertiary/aromatic N) is 4. The van der Waals surface area contributed by atoms with Gasteiger partial charge in [-0.15, -0.1) is 0 Å². The molecule has 1 aliphatic rings. The van der Waals surface area contributed by atoms with E-state index in [9.17, 15) is 4.79 Å². The maximum Gasteiger partial charge on any atom is 0.292 e. The molecule has 118 valence electrons. The predicted molar refractivity (Wildman–Crippen MR) is 88.9 cm³/mol. The number of hydrogen-bond donors (Lipinski definition) is 1. The van der Waals surface area contributed by atoms with Crippen molar-refractivity contribution in [1.82, 2.24) is 19.6 Å². The van der Waals surface area contributed by atoms with Crippen LogP contribution >= 0.6 is 11.6 Å². The Labute approximate surface area is 138 Å². The number of hydrazine groups is 1. The predicted octanol–water partition coefficient (Wildman–Crippen LogP) is 2.67. The average Bonchev–Trinajstić information content (AvgIpc) is 3.09. The van der Waals surface area contributed by atoms with E-state index < -0.39 is 0 Å². The Hall–Kier alpha value is -2.47. The van der Waals surface area contributed by atoms with Crippen molar-refractivity contribution >= 4 is 28.7 Å². The van der Waals surface area contributed by atoms with E-state index in [0.29, 0.717) is 17.3 Å². The highest BCUT2D eigenvalue weighted by atomic mass is 35.5. The van der Waals surface area contributed by atoms with Crippen LogP contribution in [0, 0.1) is 6.92 Å². The Kier molecular flexibility index (Phi) is 3.09. The van der Waals surface area contributed by atoms with E-state index in [-0.39, 0.29) is 5.91 Å². The summed E-state index contributed by atoms with van der Waals surface area (Å²) in [6.45, 7) is 2.64. The van der Waals surface area contributed by atoms with Crippen LogP contribution < -0.4 is 5.01 Å². The Morgan fingerprint density at radius 3 is 3.00 bits per heavy atom. The van der Waals surface area contributed by atoms with Gasteiger partial charge in [0.25, 0.3) is 5.91 Å². The van der Waals surface area contributed by atoms with Gasteiger partial charge in [0.15, 0.2) is 5.69 Å². The zero-order valence-corrected chi connectivity index (χ0v) is 13.6. The number of nitrogens with one attached hydrogen (secondary N) is 1. The fourth-order valence-corrected chi connectivity index (χ4v) is 3.20. The van der Waals surface area contributed by atoms with Crippen LogP contribution in [0.2, 0.25) is 5.02 Å². The lowest BCUT2D eigenvalue weighted by Crippen LogP contribution is -2.48. The standard InChI is InChI=1S/C16H16ClN5O/c1-10-7-15-13(18-10)5-6-22(20(15)2)16(23)14-8-12-4-3-11(17)9-21(12)19-14/h3-4,7-9,18H,5-6H2,1-2H3. The molecule has 3 aromatic heterocycles. The molecule has 0 radical (unpaired) electrons. The third kappa shape index (κ3) is 2.26. The summed E-state index contributed by atoms with van der Waals surface area (Å²) in [5.41, 5.74) is 4.55. The van der Waals surface area contributed by atoms with Crippen LogP contribution in [-0.4, -0.2) is 39.1 Å². The summed E-state index contributed by atoms with van der Waals surface area (Å²) >= 11 is 5.97. The largest absolute Gasteiger partial charge is 0.361 e. The summed E-state index contributed by atoms with van der Waals surface area (Å²) in [4.78, 5) is 16.2. The van der Waals surface area contributed by atoms with Crippen molar-refractivity contribution in [2.75, 3.05) is 18.6 Å². The molecule has 3 aromatic rings. The van der Waals surface area contributed by atoms with Gasteiger partial charge < -0.3 is 4.98 Å². The van der Waals surface area contributed by atoms with Gasteiger partial charge in [0.1, 0.15) is 0 Å². The molecule has 0 saturated carbocycles. The Morgan fingerprint density at radius 2 is 2.17 bits per heavy atom. The highest BCUT2D eigenvalue weighted by molar-refractivity contribution is 6.30. The molecule has 0 spiro atoms. The number of hydrogen-bond acceptors (Lipinski definition) is 3. The van der Waals surface area contributed by atoms with Crippen molar-refractivity contribution in [3.8, 4) is 0 Å². The number of halogens is 1. The van der Waals surface area contributed by atoms with Crippen molar-refractivity contribution in [3.05, 3.63) is 52.6 Å². The molecule has 0 saturated heterocycles. The van der Waals surface area contributed by atoms with E-state index in [0.717, 1.165) is 29.0 Å². The lowest BCUT2D eigenvalue weighted by atomic mass is 10.2. The maximum atomic E-state index is 12.8. The molecule has 0 fully saturated rings. The number of carbonyl (C=O) groups excluding carboxylic acids is 1. The Bertz CT molecular complexity index is 912. The molecular weight excluding hydrogens is 314 g/mol. The topological polar surface area (TPSA) is 56.6 Å². The van der Waals surface area contributed by atoms with Gasteiger partial charge in [-0.3, -0.25) is 9.80 Å². The Morgan fingerprint density at radius 1 is 1.35 bits per heavy atom. The molecule has 4 rings (SSSR count). The van der Waals surface area contributed by atoms with E-state index in [1.165, 1.54) is 0 Å². The van der Waals surface area contributed by atoms with E-state index in [1.807, 2.05) is 25.0 Å². The highest BCUT2D eigenvalue weighted by Crippen LogP contribution is 2.28. The molecule has 6 nitrogen and oxygen atoms in total. The minimum absolute atomic E-state index is 0.114. The van der Waals surface area contributed by atoms with Crippen LogP contribution in [0.25, 0.3) is 5.52 Å². The van der Waals surface area contributed by atoms with Crippen LogP contribution in [0.5, 0.6) is 0 Å². The summed E-state index contributed by atoms with van der Waals surface area (Å²) in [5.74, 6) is -0.114. The smallest absolute Gasteiger partial charge is 0.292 e.